The van der Waals surface area contributed by atoms with E-state index < -0.39 is 0 Å². The summed E-state index contributed by atoms with van der Waals surface area (Å²) < 4.78 is 9.14. The van der Waals surface area contributed by atoms with Crippen molar-refractivity contribution in [3.05, 3.63) is 60.1 Å². The summed E-state index contributed by atoms with van der Waals surface area (Å²) >= 11 is 1.31. The van der Waals surface area contributed by atoms with Crippen LogP contribution in [-0.4, -0.2) is 36.2 Å². The molecule has 0 aliphatic rings. The van der Waals surface area contributed by atoms with E-state index in [4.69, 9.17) is 4.42 Å². The van der Waals surface area contributed by atoms with Crippen molar-refractivity contribution in [2.45, 2.75) is 19.0 Å². The topological polar surface area (TPSA) is 90.8 Å². The predicted molar refractivity (Wildman–Crippen MR) is 111 cm³/mol. The number of para-hydroxylation sites is 1. The first-order valence-corrected chi connectivity index (χ1v) is 10.0. The number of aromatic nitrogens is 5. The van der Waals surface area contributed by atoms with Gasteiger partial charge in [0.05, 0.1) is 29.1 Å². The zero-order chi connectivity index (χ0) is 20.4. The Hall–Kier alpha value is -3.33. The van der Waals surface area contributed by atoms with Gasteiger partial charge < -0.3 is 9.73 Å². The van der Waals surface area contributed by atoms with E-state index in [1.54, 1.807) is 17.0 Å². The number of anilines is 1. The van der Waals surface area contributed by atoms with Crippen molar-refractivity contribution in [1.29, 1.82) is 0 Å². The van der Waals surface area contributed by atoms with Gasteiger partial charge in [0.2, 0.25) is 11.7 Å². The number of amides is 1. The molecule has 0 unspecified atom stereocenters. The summed E-state index contributed by atoms with van der Waals surface area (Å²) in [5, 5.41) is 16.4. The molecule has 0 bridgehead atoms. The number of benzene rings is 1. The van der Waals surface area contributed by atoms with E-state index in [-0.39, 0.29) is 11.7 Å². The van der Waals surface area contributed by atoms with Crippen LogP contribution in [0.25, 0.3) is 17.3 Å². The van der Waals surface area contributed by atoms with E-state index in [0.29, 0.717) is 16.7 Å². The first-order chi connectivity index (χ1) is 14.0. The third-order valence-corrected chi connectivity index (χ3v) is 5.42. The minimum atomic E-state index is -0.128. The van der Waals surface area contributed by atoms with E-state index in [1.807, 2.05) is 61.9 Å². The molecule has 1 amide bonds. The molecule has 3 heterocycles. The second-order valence-corrected chi connectivity index (χ2v) is 7.40. The zero-order valence-corrected chi connectivity index (χ0v) is 17.1. The van der Waals surface area contributed by atoms with E-state index in [2.05, 4.69) is 20.6 Å². The number of hydrogen-bond donors (Lipinski definition) is 1. The Morgan fingerprint density at radius 3 is 2.59 bits per heavy atom. The molecule has 4 rings (SSSR count). The Bertz CT molecular complexity index is 1130. The summed E-state index contributed by atoms with van der Waals surface area (Å²) in [6, 6.07) is 13.4. The minimum absolute atomic E-state index is 0.128. The smallest absolute Gasteiger partial charge is 0.234 e. The lowest BCUT2D eigenvalue weighted by molar-refractivity contribution is -0.113. The fourth-order valence-electron chi connectivity index (χ4n) is 3.00. The van der Waals surface area contributed by atoms with Crippen LogP contribution >= 0.6 is 11.8 Å². The van der Waals surface area contributed by atoms with Crippen molar-refractivity contribution >= 4 is 23.4 Å². The molecule has 0 fully saturated rings. The van der Waals surface area contributed by atoms with Gasteiger partial charge in [-0.2, -0.15) is 5.10 Å². The highest BCUT2D eigenvalue weighted by Crippen LogP contribution is 2.28. The van der Waals surface area contributed by atoms with Crippen molar-refractivity contribution in [2.75, 3.05) is 11.1 Å². The Balaban J connectivity index is 1.57. The molecule has 4 aromatic rings. The Morgan fingerprint density at radius 1 is 1.14 bits per heavy atom. The first-order valence-electron chi connectivity index (χ1n) is 9.02. The highest BCUT2D eigenvalue weighted by atomic mass is 32.2. The molecule has 0 aliphatic carbocycles. The lowest BCUT2D eigenvalue weighted by atomic mass is 10.3. The summed E-state index contributed by atoms with van der Waals surface area (Å²) in [7, 11) is 1.85. The van der Waals surface area contributed by atoms with Gasteiger partial charge in [-0.25, -0.2) is 0 Å². The second kappa shape index (κ2) is 7.96. The lowest BCUT2D eigenvalue weighted by Crippen LogP contribution is -2.15. The largest absolute Gasteiger partial charge is 0.461 e. The average molecular weight is 408 g/mol. The van der Waals surface area contributed by atoms with Gasteiger partial charge in [-0.15, -0.1) is 10.2 Å². The molecule has 1 aromatic carbocycles. The standard InChI is InChI=1S/C20H20N6O2S/c1-13-18(14(2)25(3)24-13)21-17(27)12-29-20-23-22-19(16-10-7-11-28-16)26(20)15-8-5-4-6-9-15/h4-11H,12H2,1-3H3,(H,21,27). The molecule has 9 heteroatoms. The van der Waals surface area contributed by atoms with Crippen molar-refractivity contribution < 1.29 is 9.21 Å². The molecular weight excluding hydrogens is 388 g/mol. The Morgan fingerprint density at radius 2 is 1.93 bits per heavy atom. The second-order valence-electron chi connectivity index (χ2n) is 6.46. The first kappa shape index (κ1) is 19.0. The molecule has 0 aliphatic heterocycles. The number of aryl methyl sites for hydroxylation is 2. The maximum atomic E-state index is 12.5. The van der Waals surface area contributed by atoms with Gasteiger partial charge in [0.15, 0.2) is 10.9 Å². The molecule has 0 saturated heterocycles. The molecule has 0 spiro atoms. The average Bonchev–Trinajstić information content (AvgIpc) is 3.44. The number of nitrogens with one attached hydrogen (secondary N) is 1. The summed E-state index contributed by atoms with van der Waals surface area (Å²) in [5.74, 6) is 1.26. The van der Waals surface area contributed by atoms with Crippen molar-refractivity contribution in [3.63, 3.8) is 0 Å². The van der Waals surface area contributed by atoms with Gasteiger partial charge in [0.25, 0.3) is 0 Å². The number of thioether (sulfide) groups is 1. The number of furan rings is 1. The van der Waals surface area contributed by atoms with Crippen LogP contribution in [0.15, 0.2) is 58.3 Å². The number of rotatable bonds is 6. The molecular formula is C20H20N6O2S. The number of nitrogens with zero attached hydrogens (tertiary/aromatic N) is 5. The van der Waals surface area contributed by atoms with Gasteiger partial charge in [-0.05, 0) is 38.1 Å². The van der Waals surface area contributed by atoms with Crippen LogP contribution in [-0.2, 0) is 11.8 Å². The van der Waals surface area contributed by atoms with Crippen LogP contribution in [0.2, 0.25) is 0 Å². The van der Waals surface area contributed by atoms with Crippen LogP contribution < -0.4 is 5.32 Å². The number of hydrogen-bond acceptors (Lipinski definition) is 6. The maximum absolute atomic E-state index is 12.5. The van der Waals surface area contributed by atoms with E-state index >= 15 is 0 Å². The van der Waals surface area contributed by atoms with Crippen LogP contribution in [0.4, 0.5) is 5.69 Å². The molecule has 29 heavy (non-hydrogen) atoms. The van der Waals surface area contributed by atoms with Gasteiger partial charge in [-0.1, -0.05) is 30.0 Å². The SMILES string of the molecule is Cc1nn(C)c(C)c1NC(=O)CSc1nnc(-c2ccco2)n1-c1ccccc1. The number of carbonyl (C=O) groups is 1. The van der Waals surface area contributed by atoms with Crippen LogP contribution in [0.1, 0.15) is 11.4 Å². The van der Waals surface area contributed by atoms with E-state index in [9.17, 15) is 4.79 Å². The summed E-state index contributed by atoms with van der Waals surface area (Å²) in [6.07, 6.45) is 1.60. The molecule has 1 N–H and O–H groups in total. The number of carbonyl (C=O) groups excluding carboxylic acids is 1. The third kappa shape index (κ3) is 3.81. The molecule has 3 aromatic heterocycles. The fraction of sp³-hybridized carbons (Fsp3) is 0.200. The summed E-state index contributed by atoms with van der Waals surface area (Å²) in [6.45, 7) is 3.79. The molecule has 148 valence electrons. The normalized spacial score (nSPS) is 11.0. The van der Waals surface area contributed by atoms with Gasteiger partial charge in [0, 0.05) is 12.7 Å². The van der Waals surface area contributed by atoms with Crippen molar-refractivity contribution in [1.82, 2.24) is 24.5 Å². The molecule has 8 nitrogen and oxygen atoms in total. The summed E-state index contributed by atoms with van der Waals surface area (Å²) in [5.41, 5.74) is 3.34. The van der Waals surface area contributed by atoms with Crippen LogP contribution in [0.5, 0.6) is 0 Å². The predicted octanol–water partition coefficient (Wildman–Crippen LogP) is 3.61. The molecule has 0 atom stereocenters. The van der Waals surface area contributed by atoms with Gasteiger partial charge >= 0.3 is 0 Å². The Labute approximate surface area is 171 Å². The molecule has 0 radical (unpaired) electrons. The molecule has 0 saturated carbocycles. The minimum Gasteiger partial charge on any atom is -0.461 e. The van der Waals surface area contributed by atoms with Gasteiger partial charge in [-0.3, -0.25) is 14.0 Å². The monoisotopic (exact) mass is 408 g/mol. The highest BCUT2D eigenvalue weighted by molar-refractivity contribution is 7.99. The maximum Gasteiger partial charge on any atom is 0.234 e. The van der Waals surface area contributed by atoms with Crippen molar-refractivity contribution in [3.8, 4) is 17.3 Å². The van der Waals surface area contributed by atoms with Crippen LogP contribution in [0.3, 0.4) is 0 Å². The quantitative estimate of drug-likeness (QED) is 0.490. The van der Waals surface area contributed by atoms with E-state index in [1.165, 1.54) is 11.8 Å². The van der Waals surface area contributed by atoms with Crippen molar-refractivity contribution in [2.24, 2.45) is 7.05 Å². The van der Waals surface area contributed by atoms with Gasteiger partial charge in [0.1, 0.15) is 0 Å². The lowest BCUT2D eigenvalue weighted by Gasteiger charge is -2.09. The van der Waals surface area contributed by atoms with Crippen LogP contribution in [0, 0.1) is 13.8 Å². The fourth-order valence-corrected chi connectivity index (χ4v) is 3.75. The zero-order valence-electron chi connectivity index (χ0n) is 16.3. The van der Waals surface area contributed by atoms with E-state index in [0.717, 1.165) is 22.8 Å². The Kier molecular flexibility index (Phi) is 5.22. The third-order valence-electron chi connectivity index (χ3n) is 4.50. The summed E-state index contributed by atoms with van der Waals surface area (Å²) in [4.78, 5) is 12.5. The highest BCUT2D eigenvalue weighted by Gasteiger charge is 2.19.